The normalized spacial score (nSPS) is 11.6. The van der Waals surface area contributed by atoms with E-state index in [0.717, 1.165) is 22.4 Å². The van der Waals surface area contributed by atoms with Crippen LogP contribution in [-0.4, -0.2) is 5.17 Å². The summed E-state index contributed by atoms with van der Waals surface area (Å²) < 4.78 is 0. The van der Waals surface area contributed by atoms with Crippen LogP contribution in [-0.2, 0) is 6.54 Å². The maximum atomic E-state index is 5.94. The molecule has 0 aromatic heterocycles. The monoisotopic (exact) mass is 222 g/mol. The third-order valence-electron chi connectivity index (χ3n) is 2.08. The summed E-state index contributed by atoms with van der Waals surface area (Å²) in [6.07, 6.45) is 0. The molecule has 1 aromatic rings. The van der Waals surface area contributed by atoms with Crippen molar-refractivity contribution in [1.29, 1.82) is 0 Å². The Morgan fingerprint density at radius 3 is 2.73 bits per heavy atom. The van der Waals surface area contributed by atoms with Crippen LogP contribution in [0.3, 0.4) is 0 Å². The van der Waals surface area contributed by atoms with Crippen molar-refractivity contribution < 1.29 is 0 Å². The molecule has 2 N–H and O–H groups in total. The second kappa shape index (κ2) is 5.10. The smallest absolute Gasteiger partial charge is 0.132 e. The van der Waals surface area contributed by atoms with Crippen molar-refractivity contribution in [3.63, 3.8) is 0 Å². The summed E-state index contributed by atoms with van der Waals surface area (Å²) in [6, 6.07) is 5.92. The second-order valence-electron chi connectivity index (χ2n) is 3.51. The van der Waals surface area contributed by atoms with Crippen LogP contribution in [0.4, 0.5) is 5.69 Å². The topological polar surface area (TPSA) is 38.4 Å². The van der Waals surface area contributed by atoms with E-state index in [4.69, 9.17) is 17.3 Å². The third-order valence-corrected chi connectivity index (χ3v) is 2.49. The zero-order chi connectivity index (χ0) is 11.4. The molecule has 0 radical (unpaired) electrons. The maximum absolute atomic E-state index is 5.94. The van der Waals surface area contributed by atoms with Crippen LogP contribution in [0.25, 0.3) is 0 Å². The zero-order valence-electron chi connectivity index (χ0n) is 9.05. The second-order valence-corrected chi connectivity index (χ2v) is 3.87. The summed E-state index contributed by atoms with van der Waals surface area (Å²) in [4.78, 5) is 4.29. The van der Waals surface area contributed by atoms with E-state index in [1.165, 1.54) is 0 Å². The van der Waals surface area contributed by atoms with Gasteiger partial charge in [-0.3, -0.25) is 0 Å². The lowest BCUT2D eigenvalue weighted by Gasteiger charge is -2.04. The number of nitrogens with zero attached hydrogens (tertiary/aromatic N) is 1. The highest BCUT2D eigenvalue weighted by Crippen LogP contribution is 2.21. The molecule has 0 spiro atoms. The lowest BCUT2D eigenvalue weighted by atomic mass is 10.1. The van der Waals surface area contributed by atoms with Crippen LogP contribution >= 0.6 is 11.6 Å². The van der Waals surface area contributed by atoms with Crippen molar-refractivity contribution in [1.82, 2.24) is 0 Å². The first-order valence-corrected chi connectivity index (χ1v) is 5.12. The van der Waals surface area contributed by atoms with Crippen LogP contribution < -0.4 is 5.73 Å². The van der Waals surface area contributed by atoms with Crippen LogP contribution in [0, 0.1) is 6.92 Å². The van der Waals surface area contributed by atoms with Gasteiger partial charge in [-0.05, 0) is 36.6 Å². The van der Waals surface area contributed by atoms with Crippen molar-refractivity contribution in [3.8, 4) is 0 Å². The van der Waals surface area contributed by atoms with Gasteiger partial charge < -0.3 is 5.73 Å². The number of aliphatic imine (C=N–C) groups is 1. The van der Waals surface area contributed by atoms with Crippen LogP contribution in [0.5, 0.6) is 0 Å². The fourth-order valence-electron chi connectivity index (χ4n) is 1.10. The molecule has 1 aromatic carbocycles. The van der Waals surface area contributed by atoms with Gasteiger partial charge in [-0.15, -0.1) is 0 Å². The summed E-state index contributed by atoms with van der Waals surface area (Å²) in [7, 11) is 0. The molecule has 0 saturated heterocycles. The average molecular weight is 223 g/mol. The minimum absolute atomic E-state index is 0.437. The van der Waals surface area contributed by atoms with Crippen LogP contribution in [0.1, 0.15) is 18.1 Å². The van der Waals surface area contributed by atoms with Gasteiger partial charge in [0.25, 0.3) is 0 Å². The first-order valence-electron chi connectivity index (χ1n) is 4.74. The fraction of sp³-hybridized carbons (Fsp3) is 0.250. The summed E-state index contributed by atoms with van der Waals surface area (Å²) in [5, 5.41) is 0.437. The molecule has 15 heavy (non-hydrogen) atoms. The molecule has 3 heteroatoms. The van der Waals surface area contributed by atoms with Crippen molar-refractivity contribution >= 4 is 22.5 Å². The summed E-state index contributed by atoms with van der Waals surface area (Å²) in [5.41, 5.74) is 9.29. The molecule has 0 bridgehead atoms. The van der Waals surface area contributed by atoms with Crippen molar-refractivity contribution in [2.75, 3.05) is 0 Å². The van der Waals surface area contributed by atoms with Crippen molar-refractivity contribution in [3.05, 3.63) is 41.5 Å². The van der Waals surface area contributed by atoms with Gasteiger partial charge in [0.1, 0.15) is 5.17 Å². The Morgan fingerprint density at radius 2 is 2.20 bits per heavy atom. The summed E-state index contributed by atoms with van der Waals surface area (Å²) in [5.74, 6) is 0. The van der Waals surface area contributed by atoms with Gasteiger partial charge in [0.2, 0.25) is 0 Å². The molecule has 0 fully saturated rings. The molecule has 0 aliphatic carbocycles. The molecule has 2 nitrogen and oxygen atoms in total. The van der Waals surface area contributed by atoms with Gasteiger partial charge in [-0.25, -0.2) is 4.99 Å². The van der Waals surface area contributed by atoms with E-state index in [1.54, 1.807) is 0 Å². The van der Waals surface area contributed by atoms with E-state index in [0.29, 0.717) is 11.7 Å². The molecule has 0 atom stereocenters. The zero-order valence-corrected chi connectivity index (χ0v) is 9.80. The third kappa shape index (κ3) is 3.18. The van der Waals surface area contributed by atoms with Crippen molar-refractivity contribution in [2.45, 2.75) is 20.4 Å². The van der Waals surface area contributed by atoms with Gasteiger partial charge >= 0.3 is 0 Å². The van der Waals surface area contributed by atoms with Crippen LogP contribution in [0.15, 0.2) is 35.3 Å². The van der Waals surface area contributed by atoms with E-state index in [-0.39, 0.29) is 0 Å². The van der Waals surface area contributed by atoms with Gasteiger partial charge in [-0.2, -0.15) is 0 Å². The Bertz CT molecular complexity index is 408. The van der Waals surface area contributed by atoms with E-state index in [1.807, 2.05) is 32.0 Å². The van der Waals surface area contributed by atoms with Gasteiger partial charge in [0.15, 0.2) is 0 Å². The molecule has 0 heterocycles. The molecule has 0 amide bonds. The molecular formula is C12H15ClN2. The molecule has 0 saturated carbocycles. The number of hydrogen-bond donors (Lipinski definition) is 1. The lowest BCUT2D eigenvalue weighted by molar-refractivity contribution is 1.07. The lowest BCUT2D eigenvalue weighted by Crippen LogP contribution is -1.96. The van der Waals surface area contributed by atoms with E-state index < -0.39 is 0 Å². The van der Waals surface area contributed by atoms with Crippen molar-refractivity contribution in [2.24, 2.45) is 10.7 Å². The number of allylic oxidation sites excluding steroid dienone is 1. The Kier molecular flexibility index (Phi) is 4.06. The van der Waals surface area contributed by atoms with Gasteiger partial charge in [0.05, 0.1) is 5.69 Å². The predicted octanol–water partition coefficient (Wildman–Crippen LogP) is 3.30. The Balaban J connectivity index is 3.13. The largest absolute Gasteiger partial charge is 0.326 e. The number of benzene rings is 1. The molecule has 80 valence electrons. The number of rotatable bonds is 3. The minimum atomic E-state index is 0.437. The average Bonchev–Trinajstić information content (AvgIpc) is 2.21. The highest BCUT2D eigenvalue weighted by molar-refractivity contribution is 6.69. The maximum Gasteiger partial charge on any atom is 0.132 e. The molecule has 1 rings (SSSR count). The highest BCUT2D eigenvalue weighted by atomic mass is 35.5. The predicted molar refractivity (Wildman–Crippen MR) is 66.8 cm³/mol. The summed E-state index contributed by atoms with van der Waals surface area (Å²) >= 11 is 5.94. The van der Waals surface area contributed by atoms with Gasteiger partial charge in [-0.1, -0.05) is 30.3 Å². The number of halogens is 1. The number of hydrogen-bond acceptors (Lipinski definition) is 2. The highest BCUT2D eigenvalue weighted by Gasteiger charge is 2.00. The standard InChI is InChI=1S/C12H15ClN2/c1-8(2)12(13)15-11-6-10(7-14)5-4-9(11)3/h4-6H,1,7,14H2,2-3H3. The number of aryl methyl sites for hydroxylation is 1. The first-order chi connectivity index (χ1) is 7.04. The van der Waals surface area contributed by atoms with E-state index in [9.17, 15) is 0 Å². The molecular weight excluding hydrogens is 208 g/mol. The number of nitrogens with two attached hydrogens (primary N) is 1. The first kappa shape index (κ1) is 12.0. The minimum Gasteiger partial charge on any atom is -0.326 e. The molecule has 0 unspecified atom stereocenters. The van der Waals surface area contributed by atoms with E-state index >= 15 is 0 Å². The summed E-state index contributed by atoms with van der Waals surface area (Å²) in [6.45, 7) is 8.06. The molecule has 0 aliphatic rings. The Labute approximate surface area is 95.5 Å². The fourth-order valence-corrected chi connectivity index (χ4v) is 1.19. The Morgan fingerprint density at radius 1 is 1.53 bits per heavy atom. The quantitative estimate of drug-likeness (QED) is 0.783. The Hall–Kier alpha value is -1.12. The van der Waals surface area contributed by atoms with Crippen LogP contribution in [0.2, 0.25) is 0 Å². The van der Waals surface area contributed by atoms with Gasteiger partial charge in [0, 0.05) is 6.54 Å². The molecule has 0 aliphatic heterocycles. The SMILES string of the molecule is C=C(C)C(Cl)=Nc1cc(CN)ccc1C. The van der Waals surface area contributed by atoms with E-state index in [2.05, 4.69) is 11.6 Å².